The Morgan fingerprint density at radius 1 is 0.952 bits per heavy atom. The number of para-hydroxylation sites is 1. The molecule has 102 valence electrons. The van der Waals surface area contributed by atoms with Gasteiger partial charge in [-0.25, -0.2) is 4.98 Å². The number of halogens is 1. The van der Waals surface area contributed by atoms with Crippen molar-refractivity contribution in [1.82, 2.24) is 9.38 Å². The molecule has 1 N–H and O–H groups in total. The number of pyridine rings is 1. The summed E-state index contributed by atoms with van der Waals surface area (Å²) in [6.45, 7) is 0. The Balaban J connectivity index is 1.83. The maximum atomic E-state index is 6.19. The van der Waals surface area contributed by atoms with Gasteiger partial charge in [0.15, 0.2) is 0 Å². The Hall–Kier alpha value is -2.52. The first-order chi connectivity index (χ1) is 10.3. The van der Waals surface area contributed by atoms with Gasteiger partial charge in [0.1, 0.15) is 5.65 Å². The molecule has 21 heavy (non-hydrogen) atoms. The fraction of sp³-hybridized carbons (Fsp3) is 0. The smallest absolute Gasteiger partial charge is 0.137 e. The van der Waals surface area contributed by atoms with Crippen LogP contribution in [0.1, 0.15) is 0 Å². The molecule has 0 fully saturated rings. The van der Waals surface area contributed by atoms with Crippen LogP contribution >= 0.6 is 11.6 Å². The van der Waals surface area contributed by atoms with E-state index >= 15 is 0 Å². The van der Waals surface area contributed by atoms with E-state index in [0.717, 1.165) is 28.1 Å². The topological polar surface area (TPSA) is 29.3 Å². The van der Waals surface area contributed by atoms with Crippen LogP contribution in [-0.4, -0.2) is 9.38 Å². The zero-order valence-corrected chi connectivity index (χ0v) is 11.9. The summed E-state index contributed by atoms with van der Waals surface area (Å²) in [5, 5.41) is 4.05. The second kappa shape index (κ2) is 4.79. The van der Waals surface area contributed by atoms with Gasteiger partial charge in [-0.1, -0.05) is 29.8 Å². The first kappa shape index (κ1) is 12.2. The molecule has 0 atom stereocenters. The number of rotatable bonds is 2. The Morgan fingerprint density at radius 2 is 1.81 bits per heavy atom. The summed E-state index contributed by atoms with van der Waals surface area (Å²) in [5.74, 6) is 0. The van der Waals surface area contributed by atoms with E-state index in [4.69, 9.17) is 11.6 Å². The van der Waals surface area contributed by atoms with Crippen molar-refractivity contribution in [3.8, 4) is 0 Å². The lowest BCUT2D eigenvalue weighted by atomic mass is 10.2. The lowest BCUT2D eigenvalue weighted by molar-refractivity contribution is 1.23. The molecule has 0 aliphatic heterocycles. The second-order valence-electron chi connectivity index (χ2n) is 4.85. The molecule has 0 spiro atoms. The third-order valence-electron chi connectivity index (χ3n) is 3.46. The summed E-state index contributed by atoms with van der Waals surface area (Å²) in [6.07, 6.45) is 2.02. The zero-order chi connectivity index (χ0) is 14.2. The predicted octanol–water partition coefficient (Wildman–Crippen LogP) is 4.88. The highest BCUT2D eigenvalue weighted by Crippen LogP contribution is 2.27. The van der Waals surface area contributed by atoms with Crippen molar-refractivity contribution in [1.29, 1.82) is 0 Å². The Morgan fingerprint density at radius 3 is 2.71 bits per heavy atom. The molecule has 0 aliphatic carbocycles. The van der Waals surface area contributed by atoms with Gasteiger partial charge < -0.3 is 5.32 Å². The molecule has 0 unspecified atom stereocenters. The predicted molar refractivity (Wildman–Crippen MR) is 87.4 cm³/mol. The number of imidazole rings is 1. The van der Waals surface area contributed by atoms with E-state index in [2.05, 4.69) is 20.8 Å². The number of nitrogens with one attached hydrogen (secondary N) is 1. The van der Waals surface area contributed by atoms with Crippen molar-refractivity contribution in [2.24, 2.45) is 0 Å². The number of fused-ring (bicyclic) bond motifs is 3. The standard InChI is InChI=1S/C17H12ClN3/c18-13-5-1-2-6-14(13)19-12-8-9-15-16(11-12)21-10-4-3-7-17(21)20-15/h1-11,19H. The summed E-state index contributed by atoms with van der Waals surface area (Å²) in [6, 6.07) is 19.8. The van der Waals surface area contributed by atoms with Crippen LogP contribution in [-0.2, 0) is 0 Å². The fourth-order valence-electron chi connectivity index (χ4n) is 2.46. The number of hydrogen-bond donors (Lipinski definition) is 1. The molecule has 0 amide bonds. The maximum absolute atomic E-state index is 6.19. The van der Waals surface area contributed by atoms with Crippen molar-refractivity contribution in [3.63, 3.8) is 0 Å². The average molecular weight is 294 g/mol. The Kier molecular flexibility index (Phi) is 2.79. The minimum absolute atomic E-state index is 0.704. The molecule has 2 aromatic heterocycles. The summed E-state index contributed by atoms with van der Waals surface area (Å²) in [4.78, 5) is 4.59. The first-order valence-corrected chi connectivity index (χ1v) is 7.07. The molecule has 2 aromatic carbocycles. The third-order valence-corrected chi connectivity index (χ3v) is 3.79. The maximum Gasteiger partial charge on any atom is 0.137 e. The van der Waals surface area contributed by atoms with Crippen LogP contribution in [0.15, 0.2) is 66.9 Å². The lowest BCUT2D eigenvalue weighted by Gasteiger charge is -2.08. The van der Waals surface area contributed by atoms with E-state index in [1.54, 1.807) is 0 Å². The van der Waals surface area contributed by atoms with Crippen molar-refractivity contribution < 1.29 is 0 Å². The monoisotopic (exact) mass is 293 g/mol. The minimum Gasteiger partial charge on any atom is -0.354 e. The molecular formula is C17H12ClN3. The normalized spacial score (nSPS) is 11.1. The first-order valence-electron chi connectivity index (χ1n) is 6.70. The molecule has 0 aliphatic rings. The molecule has 0 radical (unpaired) electrons. The SMILES string of the molecule is Clc1ccccc1Nc1ccc2nc3ccccn3c2c1. The molecule has 0 saturated carbocycles. The van der Waals surface area contributed by atoms with Gasteiger partial charge in [0, 0.05) is 11.9 Å². The van der Waals surface area contributed by atoms with E-state index < -0.39 is 0 Å². The van der Waals surface area contributed by atoms with E-state index in [0.29, 0.717) is 5.02 Å². The van der Waals surface area contributed by atoms with Gasteiger partial charge in [-0.2, -0.15) is 0 Å². The summed E-state index contributed by atoms with van der Waals surface area (Å²) in [7, 11) is 0. The van der Waals surface area contributed by atoms with E-state index in [-0.39, 0.29) is 0 Å². The third kappa shape index (κ3) is 2.12. The Bertz CT molecular complexity index is 943. The van der Waals surface area contributed by atoms with E-state index in [1.165, 1.54) is 0 Å². The van der Waals surface area contributed by atoms with Crippen LogP contribution in [0.3, 0.4) is 0 Å². The van der Waals surface area contributed by atoms with Crippen LogP contribution in [0.25, 0.3) is 16.7 Å². The van der Waals surface area contributed by atoms with Crippen LogP contribution < -0.4 is 5.32 Å². The highest BCUT2D eigenvalue weighted by Gasteiger charge is 2.05. The number of anilines is 2. The van der Waals surface area contributed by atoms with Crippen LogP contribution in [0, 0.1) is 0 Å². The highest BCUT2D eigenvalue weighted by atomic mass is 35.5. The van der Waals surface area contributed by atoms with Gasteiger partial charge in [0.2, 0.25) is 0 Å². The molecule has 0 saturated heterocycles. The van der Waals surface area contributed by atoms with Crippen LogP contribution in [0.5, 0.6) is 0 Å². The Labute approximate surface area is 126 Å². The molecule has 2 heterocycles. The largest absolute Gasteiger partial charge is 0.354 e. The summed E-state index contributed by atoms with van der Waals surface area (Å²) in [5.41, 5.74) is 4.88. The van der Waals surface area contributed by atoms with E-state index in [9.17, 15) is 0 Å². The van der Waals surface area contributed by atoms with E-state index in [1.807, 2.05) is 60.8 Å². The molecular weight excluding hydrogens is 282 g/mol. The second-order valence-corrected chi connectivity index (χ2v) is 5.26. The molecule has 0 bridgehead atoms. The summed E-state index contributed by atoms with van der Waals surface area (Å²) < 4.78 is 2.08. The van der Waals surface area contributed by atoms with Gasteiger partial charge >= 0.3 is 0 Å². The quantitative estimate of drug-likeness (QED) is 0.570. The van der Waals surface area contributed by atoms with Gasteiger partial charge in [0.25, 0.3) is 0 Å². The number of nitrogens with zero attached hydrogens (tertiary/aromatic N) is 2. The number of benzene rings is 2. The number of aromatic nitrogens is 2. The fourth-order valence-corrected chi connectivity index (χ4v) is 2.64. The van der Waals surface area contributed by atoms with Crippen molar-refractivity contribution >= 4 is 39.7 Å². The minimum atomic E-state index is 0.704. The van der Waals surface area contributed by atoms with Gasteiger partial charge in [0.05, 0.1) is 21.7 Å². The van der Waals surface area contributed by atoms with Gasteiger partial charge in [-0.05, 0) is 42.5 Å². The zero-order valence-electron chi connectivity index (χ0n) is 11.1. The lowest BCUT2D eigenvalue weighted by Crippen LogP contribution is -1.91. The van der Waals surface area contributed by atoms with Crippen LogP contribution in [0.2, 0.25) is 5.02 Å². The number of hydrogen-bond acceptors (Lipinski definition) is 2. The molecule has 4 aromatic rings. The van der Waals surface area contributed by atoms with Crippen molar-refractivity contribution in [3.05, 3.63) is 71.9 Å². The molecule has 3 nitrogen and oxygen atoms in total. The molecule has 4 rings (SSSR count). The molecule has 4 heteroatoms. The van der Waals surface area contributed by atoms with Crippen LogP contribution in [0.4, 0.5) is 11.4 Å². The summed E-state index contributed by atoms with van der Waals surface area (Å²) >= 11 is 6.19. The van der Waals surface area contributed by atoms with Gasteiger partial charge in [-0.15, -0.1) is 0 Å². The average Bonchev–Trinajstić information content (AvgIpc) is 2.88. The van der Waals surface area contributed by atoms with Gasteiger partial charge in [-0.3, -0.25) is 4.40 Å². The highest BCUT2D eigenvalue weighted by molar-refractivity contribution is 6.33. The van der Waals surface area contributed by atoms with Crippen molar-refractivity contribution in [2.75, 3.05) is 5.32 Å². The van der Waals surface area contributed by atoms with Crippen molar-refractivity contribution in [2.45, 2.75) is 0 Å².